The van der Waals surface area contributed by atoms with Gasteiger partial charge in [0.25, 0.3) is 6.43 Å². The Kier molecular flexibility index (Phi) is 6.32. The lowest BCUT2D eigenvalue weighted by Gasteiger charge is -2.46. The molecule has 0 spiro atoms. The van der Waals surface area contributed by atoms with E-state index < -0.39 is 13.0 Å². The zero-order valence-electron chi connectivity index (χ0n) is 12.5. The quantitative estimate of drug-likeness (QED) is 0.686. The van der Waals surface area contributed by atoms with E-state index in [1.165, 1.54) is 0 Å². The lowest BCUT2D eigenvalue weighted by Crippen LogP contribution is -2.60. The van der Waals surface area contributed by atoms with Gasteiger partial charge in [0, 0.05) is 19.6 Å². The fourth-order valence-corrected chi connectivity index (χ4v) is 3.03. The van der Waals surface area contributed by atoms with Gasteiger partial charge in [-0.3, -0.25) is 4.79 Å². The molecule has 122 valence electrons. The van der Waals surface area contributed by atoms with E-state index in [2.05, 4.69) is 11.8 Å². The Bertz CT molecular complexity index is 344. The second-order valence-electron chi connectivity index (χ2n) is 5.46. The molecule has 0 bridgehead atoms. The number of piperidine rings is 1. The van der Waals surface area contributed by atoms with Gasteiger partial charge in [-0.05, 0) is 13.0 Å². The summed E-state index contributed by atoms with van der Waals surface area (Å²) in [4.78, 5) is 16.4. The van der Waals surface area contributed by atoms with Gasteiger partial charge in [0.1, 0.15) is 6.61 Å². The van der Waals surface area contributed by atoms with Gasteiger partial charge in [-0.25, -0.2) is 8.78 Å². The van der Waals surface area contributed by atoms with Crippen molar-refractivity contribution < 1.29 is 23.0 Å². The molecule has 2 atom stereocenters. The highest BCUT2D eigenvalue weighted by Gasteiger charge is 2.38. The van der Waals surface area contributed by atoms with E-state index in [4.69, 9.17) is 9.47 Å². The molecule has 0 unspecified atom stereocenters. The van der Waals surface area contributed by atoms with Crippen molar-refractivity contribution in [2.24, 2.45) is 0 Å². The summed E-state index contributed by atoms with van der Waals surface area (Å²) in [6.45, 7) is 5.50. The fraction of sp³-hybridized carbons (Fsp3) is 0.929. The summed E-state index contributed by atoms with van der Waals surface area (Å²) in [6.07, 6.45) is -1.35. The summed E-state index contributed by atoms with van der Waals surface area (Å²) >= 11 is 0. The summed E-state index contributed by atoms with van der Waals surface area (Å²) in [5.74, 6) is -0.0208. The van der Waals surface area contributed by atoms with E-state index in [-0.39, 0.29) is 31.1 Å². The highest BCUT2D eigenvalue weighted by Crippen LogP contribution is 2.23. The highest BCUT2D eigenvalue weighted by molar-refractivity contribution is 5.76. The maximum atomic E-state index is 12.2. The van der Waals surface area contributed by atoms with Gasteiger partial charge in [0.15, 0.2) is 0 Å². The van der Waals surface area contributed by atoms with Crippen LogP contribution in [0.4, 0.5) is 8.78 Å². The molecule has 2 rings (SSSR count). The molecule has 0 aromatic heterocycles. The lowest BCUT2D eigenvalue weighted by atomic mass is 9.98. The first-order valence-corrected chi connectivity index (χ1v) is 7.61. The Morgan fingerprint density at radius 1 is 1.43 bits per heavy atom. The summed E-state index contributed by atoms with van der Waals surface area (Å²) in [5, 5.41) is 0. The van der Waals surface area contributed by atoms with Crippen LogP contribution in [0.25, 0.3) is 0 Å². The van der Waals surface area contributed by atoms with E-state index in [9.17, 15) is 13.6 Å². The zero-order chi connectivity index (χ0) is 15.2. The van der Waals surface area contributed by atoms with Crippen molar-refractivity contribution in [3.63, 3.8) is 0 Å². The van der Waals surface area contributed by atoms with E-state index >= 15 is 0 Å². The maximum absolute atomic E-state index is 12.2. The number of hydrogen-bond donors (Lipinski definition) is 0. The van der Waals surface area contributed by atoms with Crippen LogP contribution in [0, 0.1) is 0 Å². The number of likely N-dealkylation sites (tertiary alicyclic amines) is 1. The lowest BCUT2D eigenvalue weighted by molar-refractivity contribution is -0.153. The van der Waals surface area contributed by atoms with Crippen molar-refractivity contribution in [3.8, 4) is 0 Å². The van der Waals surface area contributed by atoms with E-state index in [1.54, 1.807) is 0 Å². The number of ether oxygens (including phenoxy) is 2. The monoisotopic (exact) mass is 306 g/mol. The van der Waals surface area contributed by atoms with Crippen LogP contribution in [-0.2, 0) is 14.3 Å². The number of carbonyl (C=O) groups excluding carboxylic acids is 1. The SMILES string of the molecule is CCN1CC[C@@H]2[C@@H](C1)OCCN2C(=O)CCOCC(F)F. The van der Waals surface area contributed by atoms with Crippen molar-refractivity contribution in [2.45, 2.75) is 38.3 Å². The van der Waals surface area contributed by atoms with E-state index in [1.807, 2.05) is 4.90 Å². The molecule has 2 aliphatic heterocycles. The van der Waals surface area contributed by atoms with Gasteiger partial charge in [0.2, 0.25) is 5.91 Å². The van der Waals surface area contributed by atoms with Crippen LogP contribution in [-0.4, -0.2) is 80.3 Å². The summed E-state index contributed by atoms with van der Waals surface area (Å²) in [5.41, 5.74) is 0. The van der Waals surface area contributed by atoms with Crippen LogP contribution in [0.15, 0.2) is 0 Å². The van der Waals surface area contributed by atoms with E-state index in [0.717, 1.165) is 26.1 Å². The van der Waals surface area contributed by atoms with Gasteiger partial charge < -0.3 is 19.3 Å². The topological polar surface area (TPSA) is 42.0 Å². The molecule has 7 heteroatoms. The Labute approximate surface area is 124 Å². The average Bonchev–Trinajstić information content (AvgIpc) is 2.49. The van der Waals surface area contributed by atoms with Gasteiger partial charge >= 0.3 is 0 Å². The molecule has 0 radical (unpaired) electrons. The first-order valence-electron chi connectivity index (χ1n) is 7.61. The third kappa shape index (κ3) is 4.59. The summed E-state index contributed by atoms with van der Waals surface area (Å²) in [7, 11) is 0. The molecule has 0 N–H and O–H groups in total. The number of fused-ring (bicyclic) bond motifs is 1. The van der Waals surface area contributed by atoms with Crippen molar-refractivity contribution in [2.75, 3.05) is 46.0 Å². The smallest absolute Gasteiger partial charge is 0.261 e. The molecule has 1 amide bonds. The van der Waals surface area contributed by atoms with Gasteiger partial charge in [-0.1, -0.05) is 6.92 Å². The first-order chi connectivity index (χ1) is 10.1. The number of likely N-dealkylation sites (N-methyl/N-ethyl adjacent to an activating group) is 1. The zero-order valence-corrected chi connectivity index (χ0v) is 12.5. The fourth-order valence-electron chi connectivity index (χ4n) is 3.03. The second kappa shape index (κ2) is 8.00. The Morgan fingerprint density at radius 2 is 2.24 bits per heavy atom. The minimum Gasteiger partial charge on any atom is -0.375 e. The molecule has 0 saturated carbocycles. The van der Waals surface area contributed by atoms with E-state index in [0.29, 0.717) is 13.2 Å². The number of rotatable bonds is 6. The van der Waals surface area contributed by atoms with Crippen molar-refractivity contribution in [3.05, 3.63) is 0 Å². The van der Waals surface area contributed by atoms with Crippen molar-refractivity contribution in [1.82, 2.24) is 9.80 Å². The number of carbonyl (C=O) groups is 1. The van der Waals surface area contributed by atoms with Crippen molar-refractivity contribution >= 4 is 5.91 Å². The first kappa shape index (κ1) is 16.6. The molecular formula is C14H24F2N2O3. The molecule has 21 heavy (non-hydrogen) atoms. The van der Waals surface area contributed by atoms with Gasteiger partial charge in [0.05, 0.1) is 31.8 Å². The molecule has 2 aliphatic rings. The van der Waals surface area contributed by atoms with Crippen LogP contribution in [0.1, 0.15) is 19.8 Å². The Morgan fingerprint density at radius 3 is 2.95 bits per heavy atom. The molecule has 5 nitrogen and oxygen atoms in total. The predicted octanol–water partition coefficient (Wildman–Crippen LogP) is 0.980. The summed E-state index contributed by atoms with van der Waals surface area (Å²) in [6, 6.07) is 0.115. The molecule has 2 saturated heterocycles. The molecule has 0 aliphatic carbocycles. The van der Waals surface area contributed by atoms with Gasteiger partial charge in [-0.15, -0.1) is 0 Å². The second-order valence-corrected chi connectivity index (χ2v) is 5.46. The number of alkyl halides is 2. The Hall–Kier alpha value is -0.790. The van der Waals surface area contributed by atoms with Crippen LogP contribution < -0.4 is 0 Å². The van der Waals surface area contributed by atoms with Gasteiger partial charge in [-0.2, -0.15) is 0 Å². The minimum atomic E-state index is -2.48. The number of halogens is 2. The molecule has 0 aromatic rings. The number of morpholine rings is 1. The van der Waals surface area contributed by atoms with Crippen LogP contribution in [0.2, 0.25) is 0 Å². The van der Waals surface area contributed by atoms with Crippen LogP contribution in [0.3, 0.4) is 0 Å². The average molecular weight is 306 g/mol. The molecular weight excluding hydrogens is 282 g/mol. The number of hydrogen-bond acceptors (Lipinski definition) is 4. The number of amides is 1. The predicted molar refractivity (Wildman–Crippen MR) is 73.4 cm³/mol. The van der Waals surface area contributed by atoms with Crippen molar-refractivity contribution in [1.29, 1.82) is 0 Å². The highest BCUT2D eigenvalue weighted by atomic mass is 19.3. The maximum Gasteiger partial charge on any atom is 0.261 e. The van der Waals surface area contributed by atoms with Crippen LogP contribution >= 0.6 is 0 Å². The minimum absolute atomic E-state index is 0.0208. The third-order valence-electron chi connectivity index (χ3n) is 4.14. The largest absolute Gasteiger partial charge is 0.375 e. The third-order valence-corrected chi connectivity index (χ3v) is 4.14. The Balaban J connectivity index is 1.80. The standard InChI is InChI=1S/C14H24F2N2O3/c1-2-17-5-3-11-12(9-17)21-8-6-18(11)14(19)4-7-20-10-13(15)16/h11-13H,2-10H2,1H3/t11-,12-/m1/s1. The number of nitrogens with zero attached hydrogens (tertiary/aromatic N) is 2. The molecule has 0 aromatic carbocycles. The van der Waals surface area contributed by atoms with Crippen LogP contribution in [0.5, 0.6) is 0 Å². The normalized spacial score (nSPS) is 27.0. The molecule has 2 heterocycles. The summed E-state index contributed by atoms with van der Waals surface area (Å²) < 4.78 is 34.5. The molecule has 2 fully saturated rings.